The molecule has 0 fully saturated rings. The minimum Gasteiger partial charge on any atom is -0.464 e. The summed E-state index contributed by atoms with van der Waals surface area (Å²) in [7, 11) is -1.53. The summed E-state index contributed by atoms with van der Waals surface area (Å²) in [5, 5.41) is 4.18. The maximum atomic E-state index is 5.94. The molecule has 2 nitrogen and oxygen atoms in total. The van der Waals surface area contributed by atoms with Crippen LogP contribution in [0.15, 0.2) is 131 Å². The van der Waals surface area contributed by atoms with Gasteiger partial charge in [-0.3, -0.25) is 0 Å². The van der Waals surface area contributed by atoms with Crippen LogP contribution in [0.1, 0.15) is 40.4 Å². The molecule has 1 atom stereocenters. The van der Waals surface area contributed by atoms with E-state index < -0.39 is 15.8 Å². The van der Waals surface area contributed by atoms with E-state index in [9.17, 15) is 0 Å². The van der Waals surface area contributed by atoms with Gasteiger partial charge in [0.2, 0.25) is 0 Å². The zero-order valence-electron chi connectivity index (χ0n) is 24.2. The van der Waals surface area contributed by atoms with Gasteiger partial charge in [-0.25, -0.2) is 24.3 Å². The van der Waals surface area contributed by atoms with Crippen molar-refractivity contribution in [2.45, 2.75) is 40.3 Å². The molecule has 0 N–H and O–H groups in total. The van der Waals surface area contributed by atoms with Crippen molar-refractivity contribution >= 4 is 42.8 Å². The fourth-order valence-electron chi connectivity index (χ4n) is 5.36. The molecule has 0 aliphatic heterocycles. The second-order valence-electron chi connectivity index (χ2n) is 10.3. The summed E-state index contributed by atoms with van der Waals surface area (Å²) in [5.74, 6) is 0. The van der Waals surface area contributed by atoms with Crippen LogP contribution in [0.3, 0.4) is 0 Å². The summed E-state index contributed by atoms with van der Waals surface area (Å²) < 4.78 is 11.9. The molecule has 6 aromatic rings. The molecule has 0 saturated carbocycles. The van der Waals surface area contributed by atoms with E-state index in [1.54, 1.807) is 12.5 Å². The number of hydrogen-bond donors (Lipinski definition) is 0. The van der Waals surface area contributed by atoms with Gasteiger partial charge in [-0.15, -0.1) is 10.9 Å². The largest absolute Gasteiger partial charge is 2.00 e. The Morgan fingerprint density at radius 1 is 0.659 bits per heavy atom. The quantitative estimate of drug-likeness (QED) is 0.103. The Kier molecular flexibility index (Phi) is 10.8. The Morgan fingerprint density at radius 3 is 1.54 bits per heavy atom. The Bertz CT molecular complexity index is 1470. The SMILES string of the molecule is Cc1cc(C)cc(P(c2cc(C)cc(C)c2)C(C)[c-]2cccc2P(c2ccco2)c2ccco2)c1.[Fe+2].c1cc[cH-]c1. The number of benzene rings is 2. The minimum absolute atomic E-state index is 0. The van der Waals surface area contributed by atoms with Crippen molar-refractivity contribution in [2.24, 2.45) is 0 Å². The van der Waals surface area contributed by atoms with Crippen molar-refractivity contribution in [3.63, 3.8) is 0 Å². The molecule has 0 spiro atoms. The van der Waals surface area contributed by atoms with E-state index in [1.165, 1.54) is 43.7 Å². The van der Waals surface area contributed by atoms with Crippen LogP contribution in [-0.2, 0) is 17.1 Å². The molecule has 1 unspecified atom stereocenters. The van der Waals surface area contributed by atoms with E-state index in [-0.39, 0.29) is 17.1 Å². The second-order valence-corrected chi connectivity index (χ2v) is 14.9. The summed E-state index contributed by atoms with van der Waals surface area (Å²) in [4.78, 5) is 0. The molecule has 6 rings (SSSR count). The van der Waals surface area contributed by atoms with Gasteiger partial charge < -0.3 is 8.83 Å². The summed E-state index contributed by atoms with van der Waals surface area (Å²) in [5.41, 5.74) is 8.93. The van der Waals surface area contributed by atoms with Crippen LogP contribution >= 0.6 is 15.8 Å². The van der Waals surface area contributed by atoms with E-state index in [0.29, 0.717) is 5.66 Å². The molecule has 0 aliphatic carbocycles. The molecule has 0 bridgehead atoms. The van der Waals surface area contributed by atoms with Crippen LogP contribution in [0.25, 0.3) is 0 Å². The number of furan rings is 2. The Labute approximate surface area is 257 Å². The summed E-state index contributed by atoms with van der Waals surface area (Å²) in [6, 6.07) is 38.9. The third-order valence-electron chi connectivity index (χ3n) is 6.88. The van der Waals surface area contributed by atoms with Crippen LogP contribution in [-0.4, -0.2) is 0 Å². The molecule has 5 heteroatoms. The maximum absolute atomic E-state index is 5.94. The van der Waals surface area contributed by atoms with E-state index >= 15 is 0 Å². The third kappa shape index (κ3) is 7.48. The van der Waals surface area contributed by atoms with Crippen LogP contribution in [0.5, 0.6) is 0 Å². The number of hydrogen-bond acceptors (Lipinski definition) is 2. The molecule has 210 valence electrons. The minimum atomic E-state index is -0.899. The monoisotopic (exact) mass is 618 g/mol. The summed E-state index contributed by atoms with van der Waals surface area (Å²) in [6.45, 7) is 11.2. The van der Waals surface area contributed by atoms with Gasteiger partial charge in [0.1, 0.15) is 11.0 Å². The van der Waals surface area contributed by atoms with E-state index in [4.69, 9.17) is 8.83 Å². The molecule has 4 aromatic carbocycles. The fraction of sp³-hybridized carbons (Fsp3) is 0.167. The van der Waals surface area contributed by atoms with Gasteiger partial charge in [-0.05, 0) is 76.2 Å². The summed E-state index contributed by atoms with van der Waals surface area (Å²) >= 11 is 0. The van der Waals surface area contributed by atoms with Gasteiger partial charge >= 0.3 is 17.1 Å². The molecular weight excluding hydrogens is 582 g/mol. The van der Waals surface area contributed by atoms with Crippen LogP contribution < -0.4 is 26.9 Å². The van der Waals surface area contributed by atoms with E-state index in [2.05, 4.69) is 101 Å². The molecule has 2 aromatic heterocycles. The van der Waals surface area contributed by atoms with Crippen molar-refractivity contribution < 1.29 is 25.9 Å². The Morgan fingerprint density at radius 2 is 1.15 bits per heavy atom. The number of aryl methyl sites for hydroxylation is 4. The molecule has 41 heavy (non-hydrogen) atoms. The van der Waals surface area contributed by atoms with Gasteiger partial charge in [-0.1, -0.05) is 65.6 Å². The van der Waals surface area contributed by atoms with Crippen LogP contribution in [0, 0.1) is 27.7 Å². The van der Waals surface area contributed by atoms with Crippen molar-refractivity contribution in [3.05, 3.63) is 150 Å². The topological polar surface area (TPSA) is 26.3 Å². The van der Waals surface area contributed by atoms with Gasteiger partial charge in [0.05, 0.1) is 12.5 Å². The second kappa shape index (κ2) is 14.3. The van der Waals surface area contributed by atoms with Gasteiger partial charge in [0.25, 0.3) is 0 Å². The average Bonchev–Trinajstić information content (AvgIpc) is 3.74. The first-order valence-electron chi connectivity index (χ1n) is 13.7. The average molecular weight is 618 g/mol. The molecule has 0 aliphatic rings. The fourth-order valence-corrected chi connectivity index (χ4v) is 10.8. The first kappa shape index (κ1) is 31.0. The maximum Gasteiger partial charge on any atom is 2.00 e. The third-order valence-corrected chi connectivity index (χ3v) is 11.8. The Balaban J connectivity index is 0.000000584. The van der Waals surface area contributed by atoms with E-state index in [0.717, 1.165) is 11.0 Å². The molecule has 2 heterocycles. The molecule has 0 saturated heterocycles. The van der Waals surface area contributed by atoms with Crippen LogP contribution in [0.2, 0.25) is 0 Å². The normalized spacial score (nSPS) is 11.7. The van der Waals surface area contributed by atoms with Gasteiger partial charge in [0.15, 0.2) is 0 Å². The number of rotatable bonds is 7. The first-order valence-corrected chi connectivity index (χ1v) is 16.4. The summed E-state index contributed by atoms with van der Waals surface area (Å²) in [6.07, 6.45) is 3.52. The smallest absolute Gasteiger partial charge is 0.464 e. The predicted octanol–water partition coefficient (Wildman–Crippen LogP) is 8.18. The molecular formula is C36H36FeO2P2. The Hall–Kier alpha value is -2.92. The van der Waals surface area contributed by atoms with Crippen molar-refractivity contribution in [2.75, 3.05) is 0 Å². The van der Waals surface area contributed by atoms with Crippen LogP contribution in [0.4, 0.5) is 0 Å². The molecule has 0 radical (unpaired) electrons. The zero-order valence-corrected chi connectivity index (χ0v) is 27.1. The van der Waals surface area contributed by atoms with Crippen molar-refractivity contribution in [1.29, 1.82) is 0 Å². The van der Waals surface area contributed by atoms with Crippen molar-refractivity contribution in [3.8, 4) is 0 Å². The van der Waals surface area contributed by atoms with Gasteiger partial charge in [0, 0.05) is 7.92 Å². The van der Waals surface area contributed by atoms with Gasteiger partial charge in [-0.2, -0.15) is 24.3 Å². The standard InChI is InChI=1S/C31H31O2P2.C5H5.Fe/c1-21-15-22(2)18-26(17-21)34(27-19-23(3)16-24(4)20-27)25(5)28-9-6-10-29(28)35(30-11-7-13-32-30)31-12-8-14-33-31;1-2-4-5-3-1;/h6-20,25H,1-5H3;1-5H;/q2*-1;+2. The van der Waals surface area contributed by atoms with E-state index in [1.807, 2.05) is 42.5 Å². The predicted molar refractivity (Wildman–Crippen MR) is 174 cm³/mol. The first-order chi connectivity index (χ1) is 19.4. The molecule has 0 amide bonds. The zero-order chi connectivity index (χ0) is 28.1. The van der Waals surface area contributed by atoms with Crippen molar-refractivity contribution in [1.82, 2.24) is 0 Å².